The van der Waals surface area contributed by atoms with Crippen LogP contribution in [0.5, 0.6) is 0 Å². The topological polar surface area (TPSA) is 8.17 Å². The maximum atomic E-state index is 2.47. The molecule has 0 radical (unpaired) electrons. The summed E-state index contributed by atoms with van der Waals surface area (Å²) < 4.78 is 2.41. The van der Waals surface area contributed by atoms with Crippen LogP contribution in [-0.4, -0.2) is 4.57 Å². The highest BCUT2D eigenvalue weighted by atomic mass is 15.1. The number of rotatable bonds is 7. The fraction of sp³-hybridized carbons (Fsp3) is 0.0909. The summed E-state index contributed by atoms with van der Waals surface area (Å²) in [5.41, 5.74) is 24.7. The van der Waals surface area contributed by atoms with E-state index in [-0.39, 0.29) is 10.8 Å². The number of fused-ring (bicyclic) bond motifs is 9. The molecule has 0 aliphatic heterocycles. The number of para-hydroxylation sites is 2. The molecule has 2 nitrogen and oxygen atoms in total. The molecule has 0 N–H and O–H groups in total. The molecule has 2 heteroatoms. The Morgan fingerprint density at radius 2 is 0.765 bits per heavy atom. The maximum absolute atomic E-state index is 2.47. The van der Waals surface area contributed by atoms with Crippen molar-refractivity contribution in [3.8, 4) is 61.3 Å². The molecular weight excluding hydrogens is 821 g/mol. The summed E-state index contributed by atoms with van der Waals surface area (Å²) in [6, 6.07) is 85.6. The van der Waals surface area contributed by atoms with Gasteiger partial charge < -0.3 is 9.47 Å². The Kier molecular flexibility index (Phi) is 8.95. The smallest absolute Gasteiger partial charge is 0.0547 e. The van der Waals surface area contributed by atoms with Gasteiger partial charge in [0.05, 0.1) is 11.0 Å². The summed E-state index contributed by atoms with van der Waals surface area (Å²) in [6.07, 6.45) is 0. The Morgan fingerprint density at radius 3 is 1.38 bits per heavy atom. The molecule has 2 aliphatic carbocycles. The quantitative estimate of drug-likeness (QED) is 0.155. The van der Waals surface area contributed by atoms with Gasteiger partial charge in [-0.2, -0.15) is 0 Å². The third-order valence-electron chi connectivity index (χ3n) is 15.2. The fourth-order valence-electron chi connectivity index (χ4n) is 11.8. The third kappa shape index (κ3) is 6.10. The van der Waals surface area contributed by atoms with Crippen LogP contribution < -0.4 is 4.90 Å². The van der Waals surface area contributed by atoms with Crippen molar-refractivity contribution in [3.05, 3.63) is 253 Å². The lowest BCUT2D eigenvalue weighted by Gasteiger charge is -2.30. The van der Waals surface area contributed by atoms with Gasteiger partial charge in [-0.3, -0.25) is 0 Å². The zero-order chi connectivity index (χ0) is 45.7. The molecule has 0 amide bonds. The molecule has 11 aromatic rings. The van der Waals surface area contributed by atoms with Gasteiger partial charge in [-0.25, -0.2) is 0 Å². The number of nitrogens with zero attached hydrogens (tertiary/aromatic N) is 2. The molecule has 0 saturated heterocycles. The van der Waals surface area contributed by atoms with Crippen LogP contribution in [-0.2, 0) is 10.8 Å². The van der Waals surface area contributed by atoms with Crippen LogP contribution in [0.2, 0.25) is 0 Å². The van der Waals surface area contributed by atoms with E-state index in [0.717, 1.165) is 22.7 Å². The minimum atomic E-state index is -0.124. The Bertz CT molecular complexity index is 3670. The summed E-state index contributed by atoms with van der Waals surface area (Å²) in [5, 5.41) is 2.51. The summed E-state index contributed by atoms with van der Waals surface area (Å²) in [6.45, 7) is 9.48. The zero-order valence-electron chi connectivity index (χ0n) is 38.8. The van der Waals surface area contributed by atoms with E-state index in [4.69, 9.17) is 0 Å². The summed E-state index contributed by atoms with van der Waals surface area (Å²) in [5.74, 6) is 0. The van der Waals surface area contributed by atoms with Crippen LogP contribution in [0.3, 0.4) is 0 Å². The van der Waals surface area contributed by atoms with Crippen molar-refractivity contribution in [3.63, 3.8) is 0 Å². The third-order valence-corrected chi connectivity index (χ3v) is 15.2. The van der Waals surface area contributed by atoms with E-state index in [1.807, 2.05) is 0 Å². The van der Waals surface area contributed by atoms with Crippen molar-refractivity contribution < 1.29 is 0 Å². The molecule has 0 unspecified atom stereocenters. The number of hydrogen-bond acceptors (Lipinski definition) is 1. The first-order valence-corrected chi connectivity index (χ1v) is 23.9. The largest absolute Gasteiger partial charge is 0.310 e. The molecule has 0 spiro atoms. The lowest BCUT2D eigenvalue weighted by Crippen LogP contribution is -2.18. The molecule has 0 saturated carbocycles. The Hall–Kier alpha value is -8.20. The summed E-state index contributed by atoms with van der Waals surface area (Å²) >= 11 is 0. The molecule has 13 rings (SSSR count). The highest BCUT2D eigenvalue weighted by molar-refractivity contribution is 6.16. The first kappa shape index (κ1) is 40.1. The van der Waals surface area contributed by atoms with E-state index in [1.165, 1.54) is 99.7 Å². The van der Waals surface area contributed by atoms with Gasteiger partial charge in [0.2, 0.25) is 0 Å². The van der Waals surface area contributed by atoms with E-state index in [2.05, 4.69) is 268 Å². The van der Waals surface area contributed by atoms with Crippen molar-refractivity contribution in [1.29, 1.82) is 0 Å². The van der Waals surface area contributed by atoms with Gasteiger partial charge in [-0.05, 0) is 157 Å². The van der Waals surface area contributed by atoms with Gasteiger partial charge in [0.1, 0.15) is 0 Å². The van der Waals surface area contributed by atoms with Gasteiger partial charge in [0.25, 0.3) is 0 Å². The van der Waals surface area contributed by atoms with Crippen molar-refractivity contribution in [1.82, 2.24) is 4.57 Å². The van der Waals surface area contributed by atoms with Crippen molar-refractivity contribution in [2.45, 2.75) is 38.5 Å². The molecule has 0 fully saturated rings. The molecule has 2 aliphatic rings. The number of aromatic nitrogens is 1. The standard InChI is InChI=1S/C66H50N2/c1-65(2)58-26-14-11-22-53(58)55-36-34-50(41-60(55)65)67(51-35-37-56-54-23-12-15-27-59(54)66(3,4)61(56)42-51)49-32-30-44(31-33-49)46-38-45(43-18-7-5-8-19-43)39-47(40-46)52-25-17-29-63-64(52)57-24-13-16-28-62(57)68(63)48-20-9-6-10-21-48/h5-42H,1-4H3. The van der Waals surface area contributed by atoms with E-state index in [0.29, 0.717) is 0 Å². The van der Waals surface area contributed by atoms with E-state index in [1.54, 1.807) is 0 Å². The van der Waals surface area contributed by atoms with Gasteiger partial charge >= 0.3 is 0 Å². The van der Waals surface area contributed by atoms with Gasteiger partial charge in [0, 0.05) is 44.4 Å². The van der Waals surface area contributed by atoms with Crippen LogP contribution in [0.15, 0.2) is 231 Å². The number of hydrogen-bond donors (Lipinski definition) is 0. The van der Waals surface area contributed by atoms with Gasteiger partial charge in [-0.15, -0.1) is 0 Å². The van der Waals surface area contributed by atoms with Crippen LogP contribution in [0, 0.1) is 0 Å². The highest BCUT2D eigenvalue weighted by Crippen LogP contribution is 2.53. The van der Waals surface area contributed by atoms with E-state index in [9.17, 15) is 0 Å². The molecule has 68 heavy (non-hydrogen) atoms. The summed E-state index contributed by atoms with van der Waals surface area (Å²) in [4.78, 5) is 2.47. The molecular formula is C66H50N2. The molecule has 0 atom stereocenters. The molecule has 324 valence electrons. The SMILES string of the molecule is CC1(C)c2ccccc2-c2ccc(N(c3ccc(-c4cc(-c5ccccc5)cc(-c5cccc6c5c5ccccc5n6-c5ccccc5)c4)cc3)c3ccc4c(c3)C(C)(C)c3ccccc3-4)cc21. The second-order valence-electron chi connectivity index (χ2n) is 19.7. The fourth-order valence-corrected chi connectivity index (χ4v) is 11.8. The van der Waals surface area contributed by atoms with Crippen molar-refractivity contribution in [2.24, 2.45) is 0 Å². The molecule has 10 aromatic carbocycles. The first-order chi connectivity index (χ1) is 33.2. The lowest BCUT2D eigenvalue weighted by molar-refractivity contribution is 0.660. The second kappa shape index (κ2) is 15.2. The van der Waals surface area contributed by atoms with E-state index >= 15 is 0 Å². The lowest BCUT2D eigenvalue weighted by atomic mass is 9.82. The van der Waals surface area contributed by atoms with Crippen molar-refractivity contribution in [2.75, 3.05) is 4.90 Å². The number of anilines is 3. The molecule has 1 heterocycles. The van der Waals surface area contributed by atoms with Crippen molar-refractivity contribution >= 4 is 38.9 Å². The number of benzene rings is 10. The predicted molar refractivity (Wildman–Crippen MR) is 287 cm³/mol. The van der Waals surface area contributed by atoms with E-state index < -0.39 is 0 Å². The minimum absolute atomic E-state index is 0.124. The summed E-state index contributed by atoms with van der Waals surface area (Å²) in [7, 11) is 0. The maximum Gasteiger partial charge on any atom is 0.0547 e. The Labute approximate surface area is 399 Å². The monoisotopic (exact) mass is 870 g/mol. The van der Waals surface area contributed by atoms with Gasteiger partial charge in [0.15, 0.2) is 0 Å². The second-order valence-corrected chi connectivity index (χ2v) is 19.7. The average molecular weight is 871 g/mol. The average Bonchev–Trinajstić information content (AvgIpc) is 3.94. The minimum Gasteiger partial charge on any atom is -0.310 e. The first-order valence-electron chi connectivity index (χ1n) is 23.9. The predicted octanol–water partition coefficient (Wildman–Crippen LogP) is 17.9. The zero-order valence-corrected chi connectivity index (χ0v) is 38.8. The molecule has 0 bridgehead atoms. The highest BCUT2D eigenvalue weighted by Gasteiger charge is 2.37. The Balaban J connectivity index is 0.967. The van der Waals surface area contributed by atoms with Crippen LogP contribution in [0.25, 0.3) is 83.1 Å². The normalized spacial score (nSPS) is 13.8. The van der Waals surface area contributed by atoms with Crippen LogP contribution >= 0.6 is 0 Å². The van der Waals surface area contributed by atoms with Crippen LogP contribution in [0.1, 0.15) is 49.9 Å². The van der Waals surface area contributed by atoms with Gasteiger partial charge in [-0.1, -0.05) is 179 Å². The van der Waals surface area contributed by atoms with Crippen LogP contribution in [0.4, 0.5) is 17.1 Å². The Morgan fingerprint density at radius 1 is 0.309 bits per heavy atom. The molecule has 1 aromatic heterocycles.